The molecule has 0 bridgehead atoms. The molecule has 0 saturated heterocycles. The Balaban J connectivity index is 1.91. The molecule has 1 N–H and O–H groups in total. The van der Waals surface area contributed by atoms with Crippen molar-refractivity contribution < 1.29 is 0 Å². The van der Waals surface area contributed by atoms with Crippen molar-refractivity contribution in [2.75, 3.05) is 0 Å². The summed E-state index contributed by atoms with van der Waals surface area (Å²) in [6.07, 6.45) is 7.24. The second-order valence-corrected chi connectivity index (χ2v) is 6.01. The van der Waals surface area contributed by atoms with E-state index in [1.807, 2.05) is 11.7 Å². The van der Waals surface area contributed by atoms with Gasteiger partial charge in [-0.15, -0.1) is 0 Å². The van der Waals surface area contributed by atoms with Gasteiger partial charge in [0, 0.05) is 31.4 Å². The Bertz CT molecular complexity index is 383. The molecule has 1 heterocycles. The topological polar surface area (TPSA) is 29.9 Å². The van der Waals surface area contributed by atoms with Gasteiger partial charge < -0.3 is 5.32 Å². The molecule has 1 aromatic rings. The molecule has 1 saturated carbocycles. The Labute approximate surface area is 111 Å². The summed E-state index contributed by atoms with van der Waals surface area (Å²) in [6, 6.07) is 0.686. The molecule has 3 unspecified atom stereocenters. The van der Waals surface area contributed by atoms with Gasteiger partial charge in [-0.1, -0.05) is 20.8 Å². The second kappa shape index (κ2) is 5.87. The fraction of sp³-hybridized carbons (Fsp3) is 0.800. The van der Waals surface area contributed by atoms with E-state index in [4.69, 9.17) is 0 Å². The number of hydrogen-bond donors (Lipinski definition) is 1. The van der Waals surface area contributed by atoms with Gasteiger partial charge in [0.25, 0.3) is 0 Å². The van der Waals surface area contributed by atoms with Crippen molar-refractivity contribution in [3.05, 3.63) is 17.5 Å². The highest BCUT2D eigenvalue weighted by Gasteiger charge is 2.24. The molecule has 18 heavy (non-hydrogen) atoms. The van der Waals surface area contributed by atoms with Gasteiger partial charge >= 0.3 is 0 Å². The summed E-state index contributed by atoms with van der Waals surface area (Å²) in [4.78, 5) is 0. The van der Waals surface area contributed by atoms with Crippen LogP contribution in [0.15, 0.2) is 6.20 Å². The van der Waals surface area contributed by atoms with Crippen molar-refractivity contribution in [3.8, 4) is 0 Å². The van der Waals surface area contributed by atoms with E-state index in [9.17, 15) is 0 Å². The largest absolute Gasteiger partial charge is 0.310 e. The van der Waals surface area contributed by atoms with Crippen molar-refractivity contribution in [1.82, 2.24) is 15.1 Å². The first-order valence-corrected chi connectivity index (χ1v) is 7.35. The molecule has 102 valence electrons. The number of nitrogens with one attached hydrogen (secondary N) is 1. The lowest BCUT2D eigenvalue weighted by molar-refractivity contribution is 0.227. The van der Waals surface area contributed by atoms with Crippen molar-refractivity contribution in [3.63, 3.8) is 0 Å². The molecule has 0 radical (unpaired) electrons. The average molecular weight is 249 g/mol. The van der Waals surface area contributed by atoms with E-state index < -0.39 is 0 Å². The van der Waals surface area contributed by atoms with E-state index in [2.05, 4.69) is 37.4 Å². The zero-order chi connectivity index (χ0) is 13.1. The summed E-state index contributed by atoms with van der Waals surface area (Å²) in [7, 11) is 2.01. The van der Waals surface area contributed by atoms with Gasteiger partial charge in [0.1, 0.15) is 0 Å². The number of aryl methyl sites for hydroxylation is 2. The average Bonchev–Trinajstić information content (AvgIpc) is 2.68. The van der Waals surface area contributed by atoms with Crippen LogP contribution in [0.5, 0.6) is 0 Å². The van der Waals surface area contributed by atoms with Crippen LogP contribution in [0.1, 0.15) is 51.3 Å². The van der Waals surface area contributed by atoms with E-state index in [0.717, 1.165) is 24.8 Å². The van der Waals surface area contributed by atoms with Crippen LogP contribution in [0, 0.1) is 11.8 Å². The molecule has 2 rings (SSSR count). The minimum atomic E-state index is 0.686. The Hall–Kier alpha value is -0.830. The second-order valence-electron chi connectivity index (χ2n) is 6.01. The fourth-order valence-corrected chi connectivity index (χ4v) is 3.24. The molecular weight excluding hydrogens is 222 g/mol. The molecule has 1 aromatic heterocycles. The standard InChI is InChI=1S/C15H27N3/c1-5-14-13(10-18(4)17-14)9-16-15-7-6-11(2)8-12(15)3/h10-12,15-16H,5-9H2,1-4H3. The van der Waals surface area contributed by atoms with Gasteiger partial charge in [-0.05, 0) is 37.5 Å². The molecule has 0 aliphatic heterocycles. The smallest absolute Gasteiger partial charge is 0.0666 e. The first-order valence-electron chi connectivity index (χ1n) is 7.35. The van der Waals surface area contributed by atoms with E-state index in [1.165, 1.54) is 30.5 Å². The molecule has 0 amide bonds. The van der Waals surface area contributed by atoms with Crippen LogP contribution in [0.4, 0.5) is 0 Å². The van der Waals surface area contributed by atoms with Crippen LogP contribution in [0.2, 0.25) is 0 Å². The molecular formula is C15H27N3. The Morgan fingerprint density at radius 2 is 2.17 bits per heavy atom. The highest BCUT2D eigenvalue weighted by Crippen LogP contribution is 2.28. The molecule has 1 fully saturated rings. The Morgan fingerprint density at radius 1 is 1.39 bits per heavy atom. The molecule has 3 heteroatoms. The van der Waals surface area contributed by atoms with Crippen molar-refractivity contribution in [1.29, 1.82) is 0 Å². The van der Waals surface area contributed by atoms with Crippen molar-refractivity contribution >= 4 is 0 Å². The lowest BCUT2D eigenvalue weighted by Gasteiger charge is -2.33. The maximum Gasteiger partial charge on any atom is 0.0666 e. The highest BCUT2D eigenvalue weighted by atomic mass is 15.3. The third-order valence-electron chi connectivity index (χ3n) is 4.31. The van der Waals surface area contributed by atoms with Gasteiger partial charge in [0.2, 0.25) is 0 Å². The van der Waals surface area contributed by atoms with Crippen molar-refractivity contribution in [2.45, 2.75) is 59.0 Å². The number of rotatable bonds is 4. The fourth-order valence-electron chi connectivity index (χ4n) is 3.24. The Kier molecular flexibility index (Phi) is 4.44. The first-order chi connectivity index (χ1) is 8.60. The molecule has 0 aromatic carbocycles. The number of hydrogen-bond acceptors (Lipinski definition) is 2. The van der Waals surface area contributed by atoms with E-state index in [1.54, 1.807) is 0 Å². The third kappa shape index (κ3) is 3.14. The normalized spacial score (nSPS) is 28.6. The lowest BCUT2D eigenvalue weighted by atomic mass is 9.80. The summed E-state index contributed by atoms with van der Waals surface area (Å²) < 4.78 is 1.93. The molecule has 0 spiro atoms. The zero-order valence-corrected chi connectivity index (χ0v) is 12.2. The van der Waals surface area contributed by atoms with E-state index in [0.29, 0.717) is 6.04 Å². The predicted molar refractivity (Wildman–Crippen MR) is 75.4 cm³/mol. The lowest BCUT2D eigenvalue weighted by Crippen LogP contribution is -2.38. The molecule has 1 aliphatic rings. The maximum atomic E-state index is 4.50. The van der Waals surface area contributed by atoms with Gasteiger partial charge in [-0.25, -0.2) is 0 Å². The Morgan fingerprint density at radius 3 is 2.83 bits per heavy atom. The number of aromatic nitrogens is 2. The first kappa shape index (κ1) is 13.6. The summed E-state index contributed by atoms with van der Waals surface area (Å²) in [5.74, 6) is 1.71. The van der Waals surface area contributed by atoms with Crippen LogP contribution in [0.3, 0.4) is 0 Å². The van der Waals surface area contributed by atoms with Crippen LogP contribution in [-0.4, -0.2) is 15.8 Å². The van der Waals surface area contributed by atoms with E-state index >= 15 is 0 Å². The zero-order valence-electron chi connectivity index (χ0n) is 12.2. The minimum absolute atomic E-state index is 0.686. The SMILES string of the molecule is CCc1nn(C)cc1CNC1CCC(C)CC1C. The van der Waals surface area contributed by atoms with Crippen molar-refractivity contribution in [2.24, 2.45) is 18.9 Å². The minimum Gasteiger partial charge on any atom is -0.310 e. The monoisotopic (exact) mass is 249 g/mol. The van der Waals surface area contributed by atoms with Crippen LogP contribution in [-0.2, 0) is 20.0 Å². The third-order valence-corrected chi connectivity index (χ3v) is 4.31. The van der Waals surface area contributed by atoms with Gasteiger partial charge in [0.15, 0.2) is 0 Å². The maximum absolute atomic E-state index is 4.50. The van der Waals surface area contributed by atoms with E-state index in [-0.39, 0.29) is 0 Å². The van der Waals surface area contributed by atoms with Crippen LogP contribution in [0.25, 0.3) is 0 Å². The molecule has 3 atom stereocenters. The van der Waals surface area contributed by atoms with Crippen LogP contribution < -0.4 is 5.32 Å². The highest BCUT2D eigenvalue weighted by molar-refractivity contribution is 5.16. The molecule has 1 aliphatic carbocycles. The quantitative estimate of drug-likeness (QED) is 0.889. The molecule has 3 nitrogen and oxygen atoms in total. The van der Waals surface area contributed by atoms with Crippen LogP contribution >= 0.6 is 0 Å². The summed E-state index contributed by atoms with van der Waals surface area (Å²) >= 11 is 0. The summed E-state index contributed by atoms with van der Waals surface area (Å²) in [6.45, 7) is 7.91. The predicted octanol–water partition coefficient (Wildman–Crippen LogP) is 2.90. The summed E-state index contributed by atoms with van der Waals surface area (Å²) in [5.41, 5.74) is 2.60. The van der Waals surface area contributed by atoms with Gasteiger partial charge in [0.05, 0.1) is 5.69 Å². The van der Waals surface area contributed by atoms with Gasteiger partial charge in [-0.2, -0.15) is 5.10 Å². The summed E-state index contributed by atoms with van der Waals surface area (Å²) in [5, 5.41) is 8.24. The number of nitrogens with zero attached hydrogens (tertiary/aromatic N) is 2. The van der Waals surface area contributed by atoms with Gasteiger partial charge in [-0.3, -0.25) is 4.68 Å².